The Labute approximate surface area is 211 Å². The maximum atomic E-state index is 13.2. The van der Waals surface area contributed by atoms with Gasteiger partial charge in [-0.05, 0) is 62.4 Å². The highest BCUT2D eigenvalue weighted by molar-refractivity contribution is 5.98. The van der Waals surface area contributed by atoms with E-state index in [1.165, 1.54) is 0 Å². The third kappa shape index (κ3) is 5.56. The average molecular weight is 496 g/mol. The molecule has 0 spiro atoms. The van der Waals surface area contributed by atoms with Crippen LogP contribution in [-0.2, 0) is 4.79 Å². The van der Waals surface area contributed by atoms with Crippen molar-refractivity contribution in [2.45, 2.75) is 45.2 Å². The minimum absolute atomic E-state index is 0.0188. The summed E-state index contributed by atoms with van der Waals surface area (Å²) in [5, 5.41) is 5.95. The monoisotopic (exact) mass is 495 g/mol. The van der Waals surface area contributed by atoms with Crippen molar-refractivity contribution in [1.29, 1.82) is 0 Å². The van der Waals surface area contributed by atoms with Gasteiger partial charge in [0.25, 0.3) is 11.8 Å². The maximum Gasteiger partial charge on any atom is 0.257 e. The second kappa shape index (κ2) is 11.3. The van der Waals surface area contributed by atoms with Gasteiger partial charge >= 0.3 is 0 Å². The number of ether oxygens (including phenoxy) is 3. The van der Waals surface area contributed by atoms with E-state index >= 15 is 0 Å². The fourth-order valence-corrected chi connectivity index (χ4v) is 4.52. The minimum Gasteiger partial charge on any atom is -0.496 e. The highest BCUT2D eigenvalue weighted by atomic mass is 16.7. The van der Waals surface area contributed by atoms with Crippen LogP contribution in [0, 0.1) is 5.92 Å². The highest BCUT2D eigenvalue weighted by Crippen LogP contribution is 2.32. The van der Waals surface area contributed by atoms with Crippen LogP contribution in [0.2, 0.25) is 0 Å². The van der Waals surface area contributed by atoms with E-state index in [0.717, 1.165) is 6.42 Å². The number of likely N-dealkylation sites (tertiary alicyclic amines) is 1. The lowest BCUT2D eigenvalue weighted by atomic mass is 9.88. The number of carbonyl (C=O) groups excluding carboxylic acids is 3. The van der Waals surface area contributed by atoms with Crippen molar-refractivity contribution in [2.75, 3.05) is 27.0 Å². The molecule has 0 unspecified atom stereocenters. The van der Waals surface area contributed by atoms with Gasteiger partial charge in [-0.1, -0.05) is 19.1 Å². The van der Waals surface area contributed by atoms with E-state index in [2.05, 4.69) is 10.6 Å². The molecule has 0 aliphatic carbocycles. The predicted molar refractivity (Wildman–Crippen MR) is 133 cm³/mol. The van der Waals surface area contributed by atoms with Crippen LogP contribution in [-0.4, -0.2) is 61.7 Å². The van der Waals surface area contributed by atoms with Crippen molar-refractivity contribution in [2.24, 2.45) is 5.92 Å². The number of para-hydroxylation sites is 1. The van der Waals surface area contributed by atoms with E-state index in [-0.39, 0.29) is 36.5 Å². The highest BCUT2D eigenvalue weighted by Gasteiger charge is 2.35. The Kier molecular flexibility index (Phi) is 7.97. The summed E-state index contributed by atoms with van der Waals surface area (Å²) in [6, 6.07) is 11.4. The molecule has 2 atom stereocenters. The molecule has 0 bridgehead atoms. The minimum atomic E-state index is -0.722. The molecule has 2 heterocycles. The number of piperidine rings is 1. The quantitative estimate of drug-likeness (QED) is 0.583. The fourth-order valence-electron chi connectivity index (χ4n) is 4.52. The van der Waals surface area contributed by atoms with Crippen molar-refractivity contribution >= 4 is 17.7 Å². The van der Waals surface area contributed by atoms with Gasteiger partial charge in [0, 0.05) is 24.7 Å². The Morgan fingerprint density at radius 2 is 1.78 bits per heavy atom. The summed E-state index contributed by atoms with van der Waals surface area (Å²) in [4.78, 5) is 41.2. The number of methoxy groups -OCH3 is 1. The Hall–Kier alpha value is -3.75. The smallest absolute Gasteiger partial charge is 0.257 e. The molecule has 0 radical (unpaired) electrons. The molecule has 2 aliphatic rings. The lowest BCUT2D eigenvalue weighted by Gasteiger charge is -2.36. The number of amides is 3. The summed E-state index contributed by atoms with van der Waals surface area (Å²) < 4.78 is 16.1. The van der Waals surface area contributed by atoms with Crippen LogP contribution in [0.5, 0.6) is 17.2 Å². The summed E-state index contributed by atoms with van der Waals surface area (Å²) in [6.07, 6.45) is 1.95. The first-order valence-corrected chi connectivity index (χ1v) is 12.3. The van der Waals surface area contributed by atoms with E-state index in [0.29, 0.717) is 54.3 Å². The van der Waals surface area contributed by atoms with Gasteiger partial charge in [-0.2, -0.15) is 0 Å². The molecule has 4 rings (SSSR count). The molecule has 1 fully saturated rings. The number of hydrogen-bond donors (Lipinski definition) is 2. The number of rotatable bonds is 8. The Balaban J connectivity index is 1.46. The number of fused-ring (bicyclic) bond motifs is 1. The number of nitrogens with zero attached hydrogens (tertiary/aromatic N) is 1. The topological polar surface area (TPSA) is 106 Å². The molecule has 36 heavy (non-hydrogen) atoms. The van der Waals surface area contributed by atoms with E-state index in [4.69, 9.17) is 14.2 Å². The second-order valence-corrected chi connectivity index (χ2v) is 9.17. The van der Waals surface area contributed by atoms with E-state index < -0.39 is 6.04 Å². The van der Waals surface area contributed by atoms with Crippen molar-refractivity contribution in [3.63, 3.8) is 0 Å². The van der Waals surface area contributed by atoms with Crippen molar-refractivity contribution in [3.05, 3.63) is 53.6 Å². The second-order valence-electron chi connectivity index (χ2n) is 9.17. The lowest BCUT2D eigenvalue weighted by molar-refractivity contribution is -0.125. The molecular weight excluding hydrogens is 462 g/mol. The van der Waals surface area contributed by atoms with Crippen LogP contribution >= 0.6 is 0 Å². The van der Waals surface area contributed by atoms with Crippen LogP contribution < -0.4 is 24.8 Å². The van der Waals surface area contributed by atoms with Crippen LogP contribution in [0.3, 0.4) is 0 Å². The number of hydrogen-bond acceptors (Lipinski definition) is 6. The Morgan fingerprint density at radius 3 is 2.50 bits per heavy atom. The van der Waals surface area contributed by atoms with Gasteiger partial charge in [0.15, 0.2) is 11.5 Å². The van der Waals surface area contributed by atoms with Gasteiger partial charge in [-0.15, -0.1) is 0 Å². The van der Waals surface area contributed by atoms with Gasteiger partial charge in [0.05, 0.1) is 12.7 Å². The Bertz CT molecular complexity index is 1110. The summed E-state index contributed by atoms with van der Waals surface area (Å²) in [7, 11) is 1.54. The van der Waals surface area contributed by atoms with Gasteiger partial charge in [-0.3, -0.25) is 14.4 Å². The summed E-state index contributed by atoms with van der Waals surface area (Å²) >= 11 is 0. The SMILES string of the molecule is CC[C@@H](C)NC(=O)[C@H](NC(=O)c1ccc2c(c1)OCO2)C1CCN(C(=O)c2ccccc2OC)CC1. The molecule has 2 aliphatic heterocycles. The molecule has 2 aromatic carbocycles. The van der Waals surface area contributed by atoms with Gasteiger partial charge < -0.3 is 29.7 Å². The summed E-state index contributed by atoms with van der Waals surface area (Å²) in [6.45, 7) is 5.01. The van der Waals surface area contributed by atoms with Crippen molar-refractivity contribution < 1.29 is 28.6 Å². The lowest BCUT2D eigenvalue weighted by Crippen LogP contribution is -2.55. The predicted octanol–water partition coefficient (Wildman–Crippen LogP) is 2.99. The third-order valence-electron chi connectivity index (χ3n) is 6.84. The van der Waals surface area contributed by atoms with E-state index in [1.807, 2.05) is 26.0 Å². The molecule has 3 amide bonds. The zero-order valence-corrected chi connectivity index (χ0v) is 20.9. The van der Waals surface area contributed by atoms with Gasteiger partial charge in [0.2, 0.25) is 12.7 Å². The fraction of sp³-hybridized carbons (Fsp3) is 0.444. The molecule has 2 N–H and O–H groups in total. The molecule has 2 aromatic rings. The zero-order valence-electron chi connectivity index (χ0n) is 20.9. The number of benzene rings is 2. The normalized spacial score (nSPS) is 16.7. The average Bonchev–Trinajstić information content (AvgIpc) is 3.39. The summed E-state index contributed by atoms with van der Waals surface area (Å²) in [5.74, 6) is 0.838. The van der Waals surface area contributed by atoms with Crippen molar-refractivity contribution in [1.82, 2.24) is 15.5 Å². The first-order chi connectivity index (χ1) is 17.4. The Morgan fingerprint density at radius 1 is 1.06 bits per heavy atom. The molecule has 0 saturated carbocycles. The first-order valence-electron chi connectivity index (χ1n) is 12.3. The van der Waals surface area contributed by atoms with E-state index in [9.17, 15) is 14.4 Å². The standard InChI is InChI=1S/C27H33N3O6/c1-4-17(2)28-26(32)24(29-25(31)19-9-10-22-23(15-19)36-16-35-22)18-11-13-30(14-12-18)27(33)20-7-5-6-8-21(20)34-3/h5-10,15,17-18,24H,4,11-14,16H2,1-3H3,(H,28,32)(H,29,31)/t17-,24-/m1/s1. The molecule has 9 heteroatoms. The number of carbonyl (C=O) groups is 3. The molecule has 9 nitrogen and oxygen atoms in total. The summed E-state index contributed by atoms with van der Waals surface area (Å²) in [5.41, 5.74) is 0.907. The molecular formula is C27H33N3O6. The molecule has 0 aromatic heterocycles. The van der Waals surface area contributed by atoms with Gasteiger partial charge in [-0.25, -0.2) is 0 Å². The van der Waals surface area contributed by atoms with Crippen LogP contribution in [0.15, 0.2) is 42.5 Å². The van der Waals surface area contributed by atoms with Crippen molar-refractivity contribution in [3.8, 4) is 17.2 Å². The number of nitrogens with one attached hydrogen (secondary N) is 2. The zero-order chi connectivity index (χ0) is 25.7. The van der Waals surface area contributed by atoms with Crippen LogP contribution in [0.25, 0.3) is 0 Å². The van der Waals surface area contributed by atoms with Gasteiger partial charge in [0.1, 0.15) is 11.8 Å². The first kappa shape index (κ1) is 25.3. The third-order valence-corrected chi connectivity index (χ3v) is 6.84. The van der Waals surface area contributed by atoms with Crippen LogP contribution in [0.1, 0.15) is 53.8 Å². The maximum absolute atomic E-state index is 13.2. The molecule has 192 valence electrons. The largest absolute Gasteiger partial charge is 0.496 e. The van der Waals surface area contributed by atoms with E-state index in [1.54, 1.807) is 42.3 Å². The molecule has 1 saturated heterocycles. The van der Waals surface area contributed by atoms with Crippen LogP contribution in [0.4, 0.5) is 0 Å².